The third-order valence-corrected chi connectivity index (χ3v) is 5.87. The number of amides is 1. The number of rotatable bonds is 5. The summed E-state index contributed by atoms with van der Waals surface area (Å²) >= 11 is 5.89. The Hall–Kier alpha value is -3.44. The highest BCUT2D eigenvalue weighted by molar-refractivity contribution is 6.31. The summed E-state index contributed by atoms with van der Waals surface area (Å²) in [7, 11) is 1.49. The van der Waals surface area contributed by atoms with Crippen molar-refractivity contribution in [1.82, 2.24) is 14.8 Å². The van der Waals surface area contributed by atoms with E-state index in [1.807, 2.05) is 0 Å². The molecule has 0 bridgehead atoms. The van der Waals surface area contributed by atoms with E-state index in [1.165, 1.54) is 42.4 Å². The molecule has 3 heterocycles. The fourth-order valence-electron chi connectivity index (χ4n) is 3.95. The molecule has 0 spiro atoms. The van der Waals surface area contributed by atoms with Gasteiger partial charge in [0, 0.05) is 13.3 Å². The number of ether oxygens (including phenoxy) is 1. The molecule has 1 unspecified atom stereocenters. The predicted octanol–water partition coefficient (Wildman–Crippen LogP) is 4.34. The first-order valence-corrected chi connectivity index (χ1v) is 10.5. The van der Waals surface area contributed by atoms with Crippen molar-refractivity contribution in [2.24, 2.45) is 0 Å². The van der Waals surface area contributed by atoms with Crippen LogP contribution in [0.25, 0.3) is 0 Å². The van der Waals surface area contributed by atoms with E-state index in [9.17, 15) is 22.8 Å². The van der Waals surface area contributed by atoms with Crippen LogP contribution in [0.1, 0.15) is 50.4 Å². The minimum atomic E-state index is -4.61. The van der Waals surface area contributed by atoms with Crippen LogP contribution in [-0.2, 0) is 10.9 Å². The monoisotopic (exact) mass is 493 g/mol. The average molecular weight is 494 g/mol. The summed E-state index contributed by atoms with van der Waals surface area (Å²) in [6.07, 6.45) is -1.74. The largest absolute Gasteiger partial charge is 0.417 e. The molecule has 3 N–H and O–H groups in total. The summed E-state index contributed by atoms with van der Waals surface area (Å²) in [5, 5.41) is 6.41. The molecule has 2 aromatic heterocycles. The zero-order valence-electron chi connectivity index (χ0n) is 17.8. The minimum absolute atomic E-state index is 0.117. The Kier molecular flexibility index (Phi) is 6.32. The third-order valence-electron chi connectivity index (χ3n) is 5.56. The number of aromatic nitrogens is 3. The van der Waals surface area contributed by atoms with Crippen molar-refractivity contribution in [2.75, 3.05) is 24.8 Å². The number of nitrogen functional groups attached to an aromatic ring is 1. The second kappa shape index (κ2) is 9.07. The van der Waals surface area contributed by atoms with E-state index in [4.69, 9.17) is 22.1 Å². The van der Waals surface area contributed by atoms with Crippen LogP contribution < -0.4 is 11.1 Å². The number of alkyl halides is 3. The maximum Gasteiger partial charge on any atom is 0.417 e. The number of nitrogens with one attached hydrogen (secondary N) is 1. The zero-order chi connectivity index (χ0) is 24.6. The molecule has 3 aromatic rings. The first-order chi connectivity index (χ1) is 16.1. The Bertz CT molecular complexity index is 1240. The number of ketones is 1. The number of fused-ring (bicyclic) bond motifs is 1. The number of methoxy groups -OCH3 is 1. The molecule has 2 atom stereocenters. The molecule has 0 radical (unpaired) electrons. The van der Waals surface area contributed by atoms with Crippen LogP contribution in [0.15, 0.2) is 42.7 Å². The lowest BCUT2D eigenvalue weighted by Crippen LogP contribution is -2.32. The predicted molar refractivity (Wildman–Crippen MR) is 118 cm³/mol. The van der Waals surface area contributed by atoms with Gasteiger partial charge >= 0.3 is 6.18 Å². The lowest BCUT2D eigenvalue weighted by atomic mass is 9.83. The number of Topliss-reactive ketones (excluding diaryl/α,β-unsaturated/α-hetero) is 1. The van der Waals surface area contributed by atoms with E-state index in [0.717, 1.165) is 12.1 Å². The number of hydrogen-bond acceptors (Lipinski definition) is 6. The van der Waals surface area contributed by atoms with Crippen molar-refractivity contribution in [3.8, 4) is 0 Å². The highest BCUT2D eigenvalue weighted by Crippen LogP contribution is 2.41. The molecule has 0 saturated carbocycles. The van der Waals surface area contributed by atoms with Crippen LogP contribution in [0.2, 0.25) is 5.02 Å². The van der Waals surface area contributed by atoms with Gasteiger partial charge in [0.2, 0.25) is 0 Å². The SMILES string of the molecule is COC[C@@H]1CC(c2ccc(C(F)(F)F)c(Cl)c2)C(=O)c2c(NC(=O)c3ccc(N)nc3)cnn21. The molecule has 4 rings (SSSR count). The maximum absolute atomic E-state index is 13.5. The average Bonchev–Trinajstić information content (AvgIpc) is 3.19. The van der Waals surface area contributed by atoms with Gasteiger partial charge in [0.15, 0.2) is 5.78 Å². The van der Waals surface area contributed by atoms with Gasteiger partial charge in [0.25, 0.3) is 5.91 Å². The Morgan fingerprint density at radius 1 is 1.29 bits per heavy atom. The molecule has 1 aliphatic rings. The van der Waals surface area contributed by atoms with E-state index in [2.05, 4.69) is 15.4 Å². The Balaban J connectivity index is 1.69. The molecule has 8 nitrogen and oxygen atoms in total. The Morgan fingerprint density at radius 3 is 2.68 bits per heavy atom. The van der Waals surface area contributed by atoms with Crippen molar-refractivity contribution in [3.05, 3.63) is 70.1 Å². The number of carbonyl (C=O) groups is 2. The van der Waals surface area contributed by atoms with Crippen molar-refractivity contribution < 1.29 is 27.5 Å². The zero-order valence-corrected chi connectivity index (χ0v) is 18.5. The van der Waals surface area contributed by atoms with E-state index >= 15 is 0 Å². The van der Waals surface area contributed by atoms with Crippen molar-refractivity contribution in [3.63, 3.8) is 0 Å². The van der Waals surface area contributed by atoms with Gasteiger partial charge in [-0.25, -0.2) is 4.98 Å². The summed E-state index contributed by atoms with van der Waals surface area (Å²) in [4.78, 5) is 30.0. The van der Waals surface area contributed by atoms with Crippen LogP contribution in [0.3, 0.4) is 0 Å². The molecule has 1 aromatic carbocycles. The number of nitrogens with two attached hydrogens (primary N) is 1. The standard InChI is InChI=1S/C22H19ClF3N5O3/c1-34-10-13-7-14(11-2-4-15(16(23)6-11)22(24,25)26)20(32)19-17(9-29-31(13)19)30-21(33)12-3-5-18(27)28-8-12/h2-6,8-9,13-14H,7,10H2,1H3,(H2,27,28)(H,30,33)/t13-,14?/m0/s1. The first-order valence-electron chi connectivity index (χ1n) is 10.1. The van der Waals surface area contributed by atoms with Gasteiger partial charge in [-0.2, -0.15) is 18.3 Å². The minimum Gasteiger partial charge on any atom is -0.384 e. The topological polar surface area (TPSA) is 112 Å². The van der Waals surface area contributed by atoms with Crippen LogP contribution in [0.5, 0.6) is 0 Å². The van der Waals surface area contributed by atoms with E-state index in [-0.39, 0.29) is 35.8 Å². The molecule has 34 heavy (non-hydrogen) atoms. The van der Waals surface area contributed by atoms with Gasteiger partial charge in [-0.05, 0) is 36.2 Å². The fraction of sp³-hybridized carbons (Fsp3) is 0.273. The highest BCUT2D eigenvalue weighted by atomic mass is 35.5. The lowest BCUT2D eigenvalue weighted by molar-refractivity contribution is -0.137. The maximum atomic E-state index is 13.5. The smallest absolute Gasteiger partial charge is 0.384 e. The summed E-state index contributed by atoms with van der Waals surface area (Å²) in [5.41, 5.74) is 5.39. The third kappa shape index (κ3) is 4.48. The quantitative estimate of drug-likeness (QED) is 0.546. The number of benzene rings is 1. The van der Waals surface area contributed by atoms with E-state index in [1.54, 1.807) is 0 Å². The highest BCUT2D eigenvalue weighted by Gasteiger charge is 2.39. The molecule has 0 aliphatic carbocycles. The fourth-order valence-corrected chi connectivity index (χ4v) is 4.25. The molecule has 0 fully saturated rings. The second-order valence-corrected chi connectivity index (χ2v) is 8.18. The van der Waals surface area contributed by atoms with Gasteiger partial charge < -0.3 is 15.8 Å². The number of pyridine rings is 1. The van der Waals surface area contributed by atoms with Crippen molar-refractivity contribution in [2.45, 2.75) is 24.6 Å². The van der Waals surface area contributed by atoms with Gasteiger partial charge in [-0.1, -0.05) is 17.7 Å². The summed E-state index contributed by atoms with van der Waals surface area (Å²) in [6.45, 7) is 0.197. The van der Waals surface area contributed by atoms with Crippen molar-refractivity contribution in [1.29, 1.82) is 0 Å². The van der Waals surface area contributed by atoms with Gasteiger partial charge in [-0.15, -0.1) is 0 Å². The van der Waals surface area contributed by atoms with Crippen LogP contribution in [0.4, 0.5) is 24.7 Å². The van der Waals surface area contributed by atoms with Crippen LogP contribution in [0, 0.1) is 0 Å². The van der Waals surface area contributed by atoms with E-state index in [0.29, 0.717) is 5.56 Å². The Labute approximate surface area is 196 Å². The molecular weight excluding hydrogens is 475 g/mol. The van der Waals surface area contributed by atoms with Gasteiger partial charge in [0.05, 0.1) is 46.6 Å². The van der Waals surface area contributed by atoms with Gasteiger partial charge in [0.1, 0.15) is 11.5 Å². The molecule has 12 heteroatoms. The Morgan fingerprint density at radius 2 is 2.06 bits per heavy atom. The van der Waals surface area contributed by atoms with E-state index < -0.39 is 40.4 Å². The molecular formula is C22H19ClF3N5O3. The first kappa shape index (κ1) is 23.7. The number of halogens is 4. The second-order valence-electron chi connectivity index (χ2n) is 7.78. The molecule has 1 aliphatic heterocycles. The summed E-state index contributed by atoms with van der Waals surface area (Å²) < 4.78 is 46.1. The summed E-state index contributed by atoms with van der Waals surface area (Å²) in [6, 6.07) is 5.81. The molecule has 1 amide bonds. The van der Waals surface area contributed by atoms with Crippen molar-refractivity contribution >= 4 is 34.8 Å². The van der Waals surface area contributed by atoms with Crippen LogP contribution >= 0.6 is 11.6 Å². The molecule has 0 saturated heterocycles. The molecule has 178 valence electrons. The van der Waals surface area contributed by atoms with Gasteiger partial charge in [-0.3, -0.25) is 14.3 Å². The number of carbonyl (C=O) groups excluding carboxylic acids is 2. The lowest BCUT2D eigenvalue weighted by Gasteiger charge is -2.30. The number of hydrogen-bond donors (Lipinski definition) is 2. The normalized spacial score (nSPS) is 18.0. The number of anilines is 2. The van der Waals surface area contributed by atoms with Crippen LogP contribution in [-0.4, -0.2) is 40.2 Å². The summed E-state index contributed by atoms with van der Waals surface area (Å²) in [5.74, 6) is -1.50. The number of nitrogens with zero attached hydrogens (tertiary/aromatic N) is 3.